The first kappa shape index (κ1) is 10.9. The molecule has 0 saturated carbocycles. The number of hydrogen-bond donors (Lipinski definition) is 0. The SMILES string of the molecule is FC(F)c1ccc2ccc(C(F)F)cc2c1. The molecule has 0 fully saturated rings. The number of hydrogen-bond acceptors (Lipinski definition) is 0. The topological polar surface area (TPSA) is 0 Å². The maximum absolute atomic E-state index is 12.4. The Morgan fingerprint density at radius 2 is 1.06 bits per heavy atom. The van der Waals surface area contributed by atoms with Crippen LogP contribution in [0.3, 0.4) is 0 Å². The Morgan fingerprint density at radius 3 is 1.44 bits per heavy atom. The molecular formula is C12H8F4. The molecule has 84 valence electrons. The lowest BCUT2D eigenvalue weighted by atomic mass is 10.0. The van der Waals surface area contributed by atoms with Crippen LogP contribution in [0, 0.1) is 0 Å². The highest BCUT2D eigenvalue weighted by molar-refractivity contribution is 5.83. The average Bonchev–Trinajstić information content (AvgIpc) is 2.27. The van der Waals surface area contributed by atoms with E-state index in [1.165, 1.54) is 36.4 Å². The zero-order valence-corrected chi connectivity index (χ0v) is 8.13. The van der Waals surface area contributed by atoms with Crippen LogP contribution in [0.4, 0.5) is 17.6 Å². The highest BCUT2D eigenvalue weighted by atomic mass is 19.3. The normalized spacial score (nSPS) is 11.6. The molecule has 16 heavy (non-hydrogen) atoms. The molecule has 4 heteroatoms. The molecule has 0 spiro atoms. The maximum Gasteiger partial charge on any atom is 0.263 e. The molecule has 0 aliphatic rings. The summed E-state index contributed by atoms with van der Waals surface area (Å²) in [6.45, 7) is 0. The number of halogens is 4. The summed E-state index contributed by atoms with van der Waals surface area (Å²) < 4.78 is 49.6. The van der Waals surface area contributed by atoms with Gasteiger partial charge in [0.1, 0.15) is 0 Å². The number of rotatable bonds is 2. The summed E-state index contributed by atoms with van der Waals surface area (Å²) in [5, 5.41) is 1.09. The molecule has 2 aromatic carbocycles. The van der Waals surface area contributed by atoms with Gasteiger partial charge in [-0.3, -0.25) is 0 Å². The highest BCUT2D eigenvalue weighted by Crippen LogP contribution is 2.27. The first-order chi connectivity index (χ1) is 7.58. The van der Waals surface area contributed by atoms with Crippen molar-refractivity contribution in [3.05, 3.63) is 47.5 Å². The smallest absolute Gasteiger partial charge is 0.205 e. The predicted molar refractivity (Wildman–Crippen MR) is 53.9 cm³/mol. The zero-order chi connectivity index (χ0) is 11.7. The maximum atomic E-state index is 12.4. The van der Waals surface area contributed by atoms with Crippen LogP contribution < -0.4 is 0 Å². The van der Waals surface area contributed by atoms with Gasteiger partial charge in [0.15, 0.2) is 0 Å². The van der Waals surface area contributed by atoms with Crippen LogP contribution in [0.1, 0.15) is 24.0 Å². The van der Waals surface area contributed by atoms with E-state index in [4.69, 9.17) is 0 Å². The van der Waals surface area contributed by atoms with E-state index in [2.05, 4.69) is 0 Å². The van der Waals surface area contributed by atoms with E-state index >= 15 is 0 Å². The fourth-order valence-electron chi connectivity index (χ4n) is 1.56. The van der Waals surface area contributed by atoms with Crippen LogP contribution in [0.25, 0.3) is 10.8 Å². The molecule has 0 heterocycles. The lowest BCUT2D eigenvalue weighted by molar-refractivity contribution is 0.151. The van der Waals surface area contributed by atoms with Crippen molar-refractivity contribution in [2.45, 2.75) is 12.9 Å². The molecule has 2 rings (SSSR count). The molecule has 0 bridgehead atoms. The van der Waals surface area contributed by atoms with E-state index in [0.717, 1.165) is 0 Å². The third-order valence-electron chi connectivity index (χ3n) is 2.39. The minimum Gasteiger partial charge on any atom is -0.205 e. The summed E-state index contributed by atoms with van der Waals surface area (Å²) in [6.07, 6.45) is -5.17. The van der Waals surface area contributed by atoms with Crippen molar-refractivity contribution in [3.63, 3.8) is 0 Å². The molecule has 2 aromatic rings. The molecule has 0 aliphatic heterocycles. The highest BCUT2D eigenvalue weighted by Gasteiger charge is 2.10. The van der Waals surface area contributed by atoms with Gasteiger partial charge in [0.25, 0.3) is 12.9 Å². The van der Waals surface area contributed by atoms with E-state index in [-0.39, 0.29) is 11.1 Å². The van der Waals surface area contributed by atoms with E-state index in [1.54, 1.807) is 0 Å². The summed E-state index contributed by atoms with van der Waals surface area (Å²) in [5.41, 5.74) is -0.308. The Morgan fingerprint density at radius 1 is 0.625 bits per heavy atom. The molecule has 0 aliphatic carbocycles. The van der Waals surface area contributed by atoms with Gasteiger partial charge in [-0.2, -0.15) is 0 Å². The third kappa shape index (κ3) is 2.01. The number of benzene rings is 2. The molecule has 0 aromatic heterocycles. The second kappa shape index (κ2) is 4.12. The molecule has 0 amide bonds. The minimum atomic E-state index is -2.58. The van der Waals surface area contributed by atoms with E-state index < -0.39 is 12.9 Å². The lowest BCUT2D eigenvalue weighted by Crippen LogP contribution is -1.87. The van der Waals surface area contributed by atoms with Gasteiger partial charge >= 0.3 is 0 Å². The third-order valence-corrected chi connectivity index (χ3v) is 2.39. The predicted octanol–water partition coefficient (Wildman–Crippen LogP) is 4.72. The summed E-state index contributed by atoms with van der Waals surface area (Å²) in [5.74, 6) is 0. The van der Waals surface area contributed by atoms with Crippen LogP contribution in [0.5, 0.6) is 0 Å². The van der Waals surface area contributed by atoms with Gasteiger partial charge in [-0.15, -0.1) is 0 Å². The fourth-order valence-corrected chi connectivity index (χ4v) is 1.56. The van der Waals surface area contributed by atoms with Crippen molar-refractivity contribution in [3.8, 4) is 0 Å². The Hall–Kier alpha value is -1.58. The van der Waals surface area contributed by atoms with Gasteiger partial charge in [-0.1, -0.05) is 24.3 Å². The van der Waals surface area contributed by atoms with Crippen LogP contribution >= 0.6 is 0 Å². The van der Waals surface area contributed by atoms with Gasteiger partial charge < -0.3 is 0 Å². The lowest BCUT2D eigenvalue weighted by Gasteiger charge is -2.05. The Kier molecular flexibility index (Phi) is 2.81. The van der Waals surface area contributed by atoms with Crippen molar-refractivity contribution in [2.24, 2.45) is 0 Å². The van der Waals surface area contributed by atoms with Crippen LogP contribution in [-0.4, -0.2) is 0 Å². The second-order valence-electron chi connectivity index (χ2n) is 3.47. The largest absolute Gasteiger partial charge is 0.263 e. The van der Waals surface area contributed by atoms with Crippen molar-refractivity contribution in [2.75, 3.05) is 0 Å². The van der Waals surface area contributed by atoms with Gasteiger partial charge in [-0.05, 0) is 22.9 Å². The van der Waals surface area contributed by atoms with Gasteiger partial charge in [0.05, 0.1) is 0 Å². The first-order valence-electron chi connectivity index (χ1n) is 4.68. The molecule has 0 unspecified atom stereocenters. The summed E-state index contributed by atoms with van der Waals surface area (Å²) >= 11 is 0. The number of alkyl halides is 4. The quantitative estimate of drug-likeness (QED) is 0.652. The first-order valence-corrected chi connectivity index (χ1v) is 4.68. The Bertz CT molecular complexity index is 463. The van der Waals surface area contributed by atoms with Crippen molar-refractivity contribution in [1.82, 2.24) is 0 Å². The van der Waals surface area contributed by atoms with E-state index in [9.17, 15) is 17.6 Å². The minimum absolute atomic E-state index is 0.154. The van der Waals surface area contributed by atoms with Gasteiger partial charge in [0, 0.05) is 11.1 Å². The standard InChI is InChI=1S/C12H8F4/c13-11(14)8-3-1-7-2-4-9(12(15)16)6-10(7)5-8/h1-6,11-12H. The molecule has 0 atom stereocenters. The second-order valence-corrected chi connectivity index (χ2v) is 3.47. The molecule has 0 nitrogen and oxygen atoms in total. The Balaban J connectivity index is 2.56. The van der Waals surface area contributed by atoms with E-state index in [1.807, 2.05) is 0 Å². The van der Waals surface area contributed by atoms with Crippen molar-refractivity contribution < 1.29 is 17.6 Å². The van der Waals surface area contributed by atoms with Crippen molar-refractivity contribution >= 4 is 10.8 Å². The van der Waals surface area contributed by atoms with Gasteiger partial charge in [0.2, 0.25) is 0 Å². The van der Waals surface area contributed by atoms with Crippen LogP contribution in [0.15, 0.2) is 36.4 Å². The monoisotopic (exact) mass is 228 g/mol. The fraction of sp³-hybridized carbons (Fsp3) is 0.167. The summed E-state index contributed by atoms with van der Waals surface area (Å²) in [7, 11) is 0. The molecule has 0 radical (unpaired) electrons. The van der Waals surface area contributed by atoms with Crippen molar-refractivity contribution in [1.29, 1.82) is 0 Å². The Labute approximate surface area is 89.5 Å². The van der Waals surface area contributed by atoms with Crippen LogP contribution in [-0.2, 0) is 0 Å². The number of fused-ring (bicyclic) bond motifs is 1. The molecule has 0 saturated heterocycles. The zero-order valence-electron chi connectivity index (χ0n) is 8.13. The average molecular weight is 228 g/mol. The summed E-state index contributed by atoms with van der Waals surface area (Å²) in [4.78, 5) is 0. The van der Waals surface area contributed by atoms with Gasteiger partial charge in [-0.25, -0.2) is 17.6 Å². The van der Waals surface area contributed by atoms with E-state index in [0.29, 0.717) is 10.8 Å². The summed E-state index contributed by atoms with van der Waals surface area (Å²) in [6, 6.07) is 8.10. The van der Waals surface area contributed by atoms with Crippen LogP contribution in [0.2, 0.25) is 0 Å². The molecular weight excluding hydrogens is 220 g/mol. The molecule has 0 N–H and O–H groups in total.